The first-order chi connectivity index (χ1) is 8.29. The molecule has 3 nitrogen and oxygen atoms in total. The van der Waals surface area contributed by atoms with Gasteiger partial charge in [-0.15, -0.1) is 0 Å². The zero-order valence-electron chi connectivity index (χ0n) is 10.8. The molecule has 0 aliphatic rings. The Balaban J connectivity index is 1.88. The number of hydrogen-bond donors (Lipinski definition) is 1. The first kappa shape index (κ1) is 14.2. The largest absolute Gasteiger partial charge is 0.377 e. The third-order valence-corrected chi connectivity index (χ3v) is 2.26. The van der Waals surface area contributed by atoms with E-state index in [4.69, 9.17) is 9.47 Å². The predicted molar refractivity (Wildman–Crippen MR) is 70.1 cm³/mol. The molecule has 0 saturated carbocycles. The highest BCUT2D eigenvalue weighted by molar-refractivity contribution is 5.13. The topological polar surface area (TPSA) is 30.5 Å². The van der Waals surface area contributed by atoms with Crippen LogP contribution in [0.2, 0.25) is 0 Å². The Morgan fingerprint density at radius 2 is 1.76 bits per heavy atom. The first-order valence-corrected chi connectivity index (χ1v) is 6.23. The fourth-order valence-corrected chi connectivity index (χ4v) is 1.40. The van der Waals surface area contributed by atoms with E-state index in [9.17, 15) is 0 Å². The second-order valence-corrected chi connectivity index (χ2v) is 4.21. The standard InChI is InChI=1S/C14H23NO2/c1-13(2)17-11-9-15-8-10-16-12-14-6-4-3-5-7-14/h3-7,13,15H,8-12H2,1-2H3. The molecule has 0 bridgehead atoms. The molecule has 0 amide bonds. The Morgan fingerprint density at radius 1 is 1.06 bits per heavy atom. The van der Waals surface area contributed by atoms with Gasteiger partial charge in [0.05, 0.1) is 25.9 Å². The minimum Gasteiger partial charge on any atom is -0.377 e. The molecular formula is C14H23NO2. The second kappa shape index (κ2) is 9.16. The molecule has 1 N–H and O–H groups in total. The van der Waals surface area contributed by atoms with Crippen LogP contribution in [0.5, 0.6) is 0 Å². The lowest BCUT2D eigenvalue weighted by Crippen LogP contribution is -2.25. The van der Waals surface area contributed by atoms with Crippen molar-refractivity contribution in [3.05, 3.63) is 35.9 Å². The molecule has 96 valence electrons. The molecule has 0 fully saturated rings. The first-order valence-electron chi connectivity index (χ1n) is 6.23. The number of rotatable bonds is 9. The van der Waals surface area contributed by atoms with Gasteiger partial charge in [-0.1, -0.05) is 30.3 Å². The zero-order chi connectivity index (χ0) is 12.3. The Hall–Kier alpha value is -0.900. The summed E-state index contributed by atoms with van der Waals surface area (Å²) < 4.78 is 11.0. The molecule has 0 saturated heterocycles. The van der Waals surface area contributed by atoms with Crippen molar-refractivity contribution in [2.45, 2.75) is 26.6 Å². The Bertz CT molecular complexity index is 275. The van der Waals surface area contributed by atoms with Gasteiger partial charge in [0.2, 0.25) is 0 Å². The number of ether oxygens (including phenoxy) is 2. The van der Waals surface area contributed by atoms with E-state index in [0.717, 1.165) is 26.3 Å². The van der Waals surface area contributed by atoms with E-state index < -0.39 is 0 Å². The van der Waals surface area contributed by atoms with Gasteiger partial charge in [-0.05, 0) is 19.4 Å². The lowest BCUT2D eigenvalue weighted by atomic mass is 10.2. The Kier molecular flexibility index (Phi) is 7.63. The van der Waals surface area contributed by atoms with E-state index in [1.54, 1.807) is 0 Å². The lowest BCUT2D eigenvalue weighted by molar-refractivity contribution is 0.0774. The van der Waals surface area contributed by atoms with Gasteiger partial charge in [0.25, 0.3) is 0 Å². The lowest BCUT2D eigenvalue weighted by Gasteiger charge is -2.08. The van der Waals surface area contributed by atoms with Crippen molar-refractivity contribution in [3.63, 3.8) is 0 Å². The van der Waals surface area contributed by atoms with Crippen LogP contribution >= 0.6 is 0 Å². The predicted octanol–water partition coefficient (Wildman–Crippen LogP) is 2.22. The van der Waals surface area contributed by atoms with Crippen LogP contribution in [0.1, 0.15) is 19.4 Å². The van der Waals surface area contributed by atoms with E-state index in [2.05, 4.69) is 17.4 Å². The average Bonchev–Trinajstić information content (AvgIpc) is 2.33. The molecule has 0 aromatic heterocycles. The summed E-state index contributed by atoms with van der Waals surface area (Å²) in [5, 5.41) is 3.28. The maximum Gasteiger partial charge on any atom is 0.0717 e. The molecule has 0 heterocycles. The van der Waals surface area contributed by atoms with Gasteiger partial charge in [-0.2, -0.15) is 0 Å². The molecular weight excluding hydrogens is 214 g/mol. The normalized spacial score (nSPS) is 11.0. The summed E-state index contributed by atoms with van der Waals surface area (Å²) >= 11 is 0. The van der Waals surface area contributed by atoms with Crippen LogP contribution in [0, 0.1) is 0 Å². The van der Waals surface area contributed by atoms with Crippen LogP contribution in [-0.4, -0.2) is 32.4 Å². The summed E-state index contributed by atoms with van der Waals surface area (Å²) in [6, 6.07) is 10.2. The fraction of sp³-hybridized carbons (Fsp3) is 0.571. The molecule has 0 unspecified atom stereocenters. The Morgan fingerprint density at radius 3 is 2.47 bits per heavy atom. The third kappa shape index (κ3) is 7.91. The average molecular weight is 237 g/mol. The highest BCUT2D eigenvalue weighted by atomic mass is 16.5. The molecule has 3 heteroatoms. The molecule has 0 spiro atoms. The van der Waals surface area contributed by atoms with E-state index in [1.165, 1.54) is 5.56 Å². The highest BCUT2D eigenvalue weighted by Gasteiger charge is 1.93. The van der Waals surface area contributed by atoms with Crippen LogP contribution in [0.15, 0.2) is 30.3 Å². The van der Waals surface area contributed by atoms with Crippen molar-refractivity contribution < 1.29 is 9.47 Å². The molecule has 17 heavy (non-hydrogen) atoms. The summed E-state index contributed by atoms with van der Waals surface area (Å²) in [4.78, 5) is 0. The molecule has 0 aliphatic heterocycles. The minimum absolute atomic E-state index is 0.311. The summed E-state index contributed by atoms with van der Waals surface area (Å²) in [7, 11) is 0. The maximum atomic E-state index is 5.54. The van der Waals surface area contributed by atoms with Crippen LogP contribution < -0.4 is 5.32 Å². The Labute approximate surface area is 104 Å². The van der Waals surface area contributed by atoms with E-state index in [-0.39, 0.29) is 0 Å². The van der Waals surface area contributed by atoms with Gasteiger partial charge in [0.1, 0.15) is 0 Å². The highest BCUT2D eigenvalue weighted by Crippen LogP contribution is 1.99. The van der Waals surface area contributed by atoms with Crippen molar-refractivity contribution >= 4 is 0 Å². The quantitative estimate of drug-likeness (QED) is 0.668. The molecule has 0 atom stereocenters. The number of nitrogens with one attached hydrogen (secondary N) is 1. The van der Waals surface area contributed by atoms with Gasteiger partial charge in [0, 0.05) is 13.1 Å². The summed E-state index contributed by atoms with van der Waals surface area (Å²) in [6.07, 6.45) is 0.311. The molecule has 1 rings (SSSR count). The van der Waals surface area contributed by atoms with Crippen LogP contribution in [-0.2, 0) is 16.1 Å². The van der Waals surface area contributed by atoms with E-state index in [0.29, 0.717) is 12.7 Å². The zero-order valence-corrected chi connectivity index (χ0v) is 10.8. The van der Waals surface area contributed by atoms with Crippen molar-refractivity contribution in [3.8, 4) is 0 Å². The van der Waals surface area contributed by atoms with E-state index in [1.807, 2.05) is 32.0 Å². The van der Waals surface area contributed by atoms with Gasteiger partial charge in [-0.25, -0.2) is 0 Å². The third-order valence-electron chi connectivity index (χ3n) is 2.26. The number of benzene rings is 1. The summed E-state index contributed by atoms with van der Waals surface area (Å²) in [5.41, 5.74) is 1.22. The van der Waals surface area contributed by atoms with Crippen molar-refractivity contribution in [1.29, 1.82) is 0 Å². The molecule has 1 aromatic rings. The van der Waals surface area contributed by atoms with Crippen LogP contribution in [0.25, 0.3) is 0 Å². The van der Waals surface area contributed by atoms with Gasteiger partial charge < -0.3 is 14.8 Å². The fourth-order valence-electron chi connectivity index (χ4n) is 1.40. The van der Waals surface area contributed by atoms with Crippen molar-refractivity contribution in [2.24, 2.45) is 0 Å². The summed E-state index contributed by atoms with van der Waals surface area (Å²) in [6.45, 7) is 8.02. The second-order valence-electron chi connectivity index (χ2n) is 4.21. The number of hydrogen-bond acceptors (Lipinski definition) is 3. The smallest absolute Gasteiger partial charge is 0.0717 e. The maximum absolute atomic E-state index is 5.54. The van der Waals surface area contributed by atoms with Crippen molar-refractivity contribution in [1.82, 2.24) is 5.32 Å². The van der Waals surface area contributed by atoms with Gasteiger partial charge in [0.15, 0.2) is 0 Å². The SMILES string of the molecule is CC(C)OCCNCCOCc1ccccc1. The van der Waals surface area contributed by atoms with Crippen LogP contribution in [0.4, 0.5) is 0 Å². The molecule has 0 aliphatic carbocycles. The monoisotopic (exact) mass is 237 g/mol. The van der Waals surface area contributed by atoms with Crippen molar-refractivity contribution in [2.75, 3.05) is 26.3 Å². The van der Waals surface area contributed by atoms with Gasteiger partial charge >= 0.3 is 0 Å². The van der Waals surface area contributed by atoms with Crippen LogP contribution in [0.3, 0.4) is 0 Å². The molecule has 0 radical (unpaired) electrons. The van der Waals surface area contributed by atoms with Gasteiger partial charge in [-0.3, -0.25) is 0 Å². The minimum atomic E-state index is 0.311. The summed E-state index contributed by atoms with van der Waals surface area (Å²) in [5.74, 6) is 0. The molecule has 1 aromatic carbocycles. The van der Waals surface area contributed by atoms with E-state index >= 15 is 0 Å².